The minimum atomic E-state index is -0.109. The van der Waals surface area contributed by atoms with Gasteiger partial charge in [0.25, 0.3) is 0 Å². The Kier molecular flexibility index (Phi) is 3.86. The van der Waals surface area contributed by atoms with Gasteiger partial charge in [-0.1, -0.05) is 0 Å². The van der Waals surface area contributed by atoms with Crippen LogP contribution < -0.4 is 27.0 Å². The van der Waals surface area contributed by atoms with E-state index in [1.807, 2.05) is 28.2 Å². The highest BCUT2D eigenvalue weighted by Gasteiger charge is 2.49. The summed E-state index contributed by atoms with van der Waals surface area (Å²) in [5.41, 5.74) is 6.06. The van der Waals surface area contributed by atoms with Crippen molar-refractivity contribution in [3.63, 3.8) is 0 Å². The Bertz CT molecular complexity index is 180. The lowest BCUT2D eigenvalue weighted by Gasteiger charge is -2.35. The first kappa shape index (κ1) is 11.9. The van der Waals surface area contributed by atoms with Crippen LogP contribution in [0.1, 0.15) is 6.42 Å². The highest BCUT2D eigenvalue weighted by atomic mass is 15.3. The molecule has 0 aromatic heterocycles. The average Bonchev–Trinajstić information content (AvgIpc) is 2.51. The van der Waals surface area contributed by atoms with E-state index in [1.54, 1.807) is 0 Å². The highest BCUT2D eigenvalue weighted by molar-refractivity contribution is 5.12. The Morgan fingerprint density at radius 1 is 1.07 bits per heavy atom. The third-order valence-corrected chi connectivity index (χ3v) is 3.50. The van der Waals surface area contributed by atoms with Gasteiger partial charge in [0, 0.05) is 12.1 Å². The molecular weight excluding hydrogens is 178 g/mol. The first-order valence-electron chi connectivity index (χ1n) is 5.13. The molecular formula is C9H23N5. The molecule has 1 aliphatic rings. The van der Waals surface area contributed by atoms with Crippen molar-refractivity contribution in [1.82, 2.24) is 21.3 Å². The van der Waals surface area contributed by atoms with Crippen LogP contribution in [0.4, 0.5) is 0 Å². The van der Waals surface area contributed by atoms with E-state index in [-0.39, 0.29) is 17.7 Å². The summed E-state index contributed by atoms with van der Waals surface area (Å²) in [6.07, 6.45) is 0.975. The number of likely N-dealkylation sites (N-methyl/N-ethyl adjacent to an activating group) is 4. The van der Waals surface area contributed by atoms with Crippen molar-refractivity contribution in [2.45, 2.75) is 30.2 Å². The summed E-state index contributed by atoms with van der Waals surface area (Å²) in [5, 5.41) is 13.2. The lowest BCUT2D eigenvalue weighted by Crippen LogP contribution is -2.66. The van der Waals surface area contributed by atoms with Gasteiger partial charge in [0.2, 0.25) is 0 Å². The fourth-order valence-electron chi connectivity index (χ4n) is 2.54. The minimum Gasteiger partial charge on any atom is -0.325 e. The van der Waals surface area contributed by atoms with Gasteiger partial charge in [-0.05, 0) is 34.6 Å². The number of hydrogen-bond acceptors (Lipinski definition) is 5. The second-order valence-corrected chi connectivity index (χ2v) is 3.91. The lowest BCUT2D eigenvalue weighted by atomic mass is 10.0. The summed E-state index contributed by atoms with van der Waals surface area (Å²) in [4.78, 5) is 0. The third kappa shape index (κ3) is 1.66. The van der Waals surface area contributed by atoms with Gasteiger partial charge in [-0.25, -0.2) is 0 Å². The van der Waals surface area contributed by atoms with Gasteiger partial charge in [0.05, 0.1) is 11.7 Å². The molecule has 0 aromatic rings. The zero-order valence-electron chi connectivity index (χ0n) is 9.52. The normalized spacial score (nSPS) is 36.2. The van der Waals surface area contributed by atoms with E-state index in [4.69, 9.17) is 5.73 Å². The molecule has 5 nitrogen and oxygen atoms in total. The van der Waals surface area contributed by atoms with Crippen LogP contribution in [0.15, 0.2) is 0 Å². The molecule has 0 aliphatic heterocycles. The molecule has 3 atom stereocenters. The van der Waals surface area contributed by atoms with E-state index in [9.17, 15) is 0 Å². The average molecular weight is 201 g/mol. The molecule has 0 spiro atoms. The van der Waals surface area contributed by atoms with Crippen LogP contribution in [-0.4, -0.2) is 52.0 Å². The van der Waals surface area contributed by atoms with E-state index in [1.165, 1.54) is 0 Å². The van der Waals surface area contributed by atoms with Gasteiger partial charge < -0.3 is 27.0 Å². The van der Waals surface area contributed by atoms with Crippen molar-refractivity contribution in [2.24, 2.45) is 5.73 Å². The van der Waals surface area contributed by atoms with Crippen molar-refractivity contribution in [3.8, 4) is 0 Å². The summed E-state index contributed by atoms with van der Waals surface area (Å²) in [6, 6.07) is 0.687. The molecule has 0 amide bonds. The van der Waals surface area contributed by atoms with Gasteiger partial charge in [-0.2, -0.15) is 0 Å². The summed E-state index contributed by atoms with van der Waals surface area (Å²) in [6.45, 7) is 0. The van der Waals surface area contributed by atoms with Gasteiger partial charge in [0.1, 0.15) is 0 Å². The van der Waals surface area contributed by atoms with Crippen LogP contribution in [0.5, 0.6) is 0 Å². The maximum Gasteiger partial charge on any atom is 0.0871 e. The van der Waals surface area contributed by atoms with E-state index in [0.29, 0.717) is 6.04 Å². The largest absolute Gasteiger partial charge is 0.325 e. The Labute approximate surface area is 86.2 Å². The van der Waals surface area contributed by atoms with Crippen LogP contribution in [-0.2, 0) is 0 Å². The van der Waals surface area contributed by atoms with Crippen molar-refractivity contribution in [2.75, 3.05) is 28.2 Å². The molecule has 0 radical (unpaired) electrons. The molecule has 1 saturated carbocycles. The molecule has 3 unspecified atom stereocenters. The number of nitrogens with two attached hydrogens (primary N) is 1. The van der Waals surface area contributed by atoms with Crippen LogP contribution >= 0.6 is 0 Å². The zero-order valence-corrected chi connectivity index (χ0v) is 9.52. The van der Waals surface area contributed by atoms with Crippen molar-refractivity contribution >= 4 is 0 Å². The summed E-state index contributed by atoms with van der Waals surface area (Å²) >= 11 is 0. The quantitative estimate of drug-likeness (QED) is 0.341. The first-order chi connectivity index (χ1) is 6.65. The maximum absolute atomic E-state index is 6.17. The monoisotopic (exact) mass is 201 g/mol. The first-order valence-corrected chi connectivity index (χ1v) is 5.13. The standard InChI is InChI=1S/C9H23N5/c1-11-6-5-9(13-3,14-4)8(12-2)7(6)10/h6-8,11-14H,5,10H2,1-4H3. The van der Waals surface area contributed by atoms with Crippen LogP contribution in [0, 0.1) is 0 Å². The van der Waals surface area contributed by atoms with E-state index in [2.05, 4.69) is 21.3 Å². The molecule has 0 bridgehead atoms. The fourth-order valence-corrected chi connectivity index (χ4v) is 2.54. The fraction of sp³-hybridized carbons (Fsp3) is 1.00. The van der Waals surface area contributed by atoms with E-state index < -0.39 is 0 Å². The highest BCUT2D eigenvalue weighted by Crippen LogP contribution is 2.26. The number of rotatable bonds is 4. The predicted octanol–water partition coefficient (Wildman–Crippen LogP) is -1.97. The summed E-state index contributed by atoms with van der Waals surface area (Å²) in [5.74, 6) is 0. The Balaban J connectivity index is 2.86. The third-order valence-electron chi connectivity index (χ3n) is 3.50. The summed E-state index contributed by atoms with van der Waals surface area (Å²) < 4.78 is 0. The lowest BCUT2D eigenvalue weighted by molar-refractivity contribution is 0.239. The second kappa shape index (κ2) is 4.55. The SMILES string of the molecule is CNC1CC(NC)(NC)C(NC)C1N. The van der Waals surface area contributed by atoms with Gasteiger partial charge >= 0.3 is 0 Å². The number of nitrogens with one attached hydrogen (secondary N) is 4. The molecule has 14 heavy (non-hydrogen) atoms. The zero-order chi connectivity index (χ0) is 10.8. The predicted molar refractivity (Wildman–Crippen MR) is 59.1 cm³/mol. The molecule has 1 rings (SSSR count). The van der Waals surface area contributed by atoms with Crippen LogP contribution in [0.2, 0.25) is 0 Å². The molecule has 1 fully saturated rings. The Hall–Kier alpha value is -0.200. The van der Waals surface area contributed by atoms with Crippen molar-refractivity contribution in [3.05, 3.63) is 0 Å². The Morgan fingerprint density at radius 3 is 1.93 bits per heavy atom. The molecule has 5 heteroatoms. The Morgan fingerprint density at radius 2 is 1.64 bits per heavy atom. The second-order valence-electron chi connectivity index (χ2n) is 3.91. The van der Waals surface area contributed by atoms with Gasteiger partial charge in [-0.3, -0.25) is 0 Å². The van der Waals surface area contributed by atoms with Crippen LogP contribution in [0.25, 0.3) is 0 Å². The van der Waals surface area contributed by atoms with E-state index in [0.717, 1.165) is 6.42 Å². The van der Waals surface area contributed by atoms with Crippen molar-refractivity contribution < 1.29 is 0 Å². The molecule has 1 aliphatic carbocycles. The maximum atomic E-state index is 6.17. The number of hydrogen-bond donors (Lipinski definition) is 5. The van der Waals surface area contributed by atoms with Gasteiger partial charge in [0.15, 0.2) is 0 Å². The minimum absolute atomic E-state index is 0.109. The smallest absolute Gasteiger partial charge is 0.0871 e. The van der Waals surface area contributed by atoms with E-state index >= 15 is 0 Å². The van der Waals surface area contributed by atoms with Crippen LogP contribution in [0.3, 0.4) is 0 Å². The summed E-state index contributed by atoms with van der Waals surface area (Å²) in [7, 11) is 7.84. The molecule has 0 aromatic carbocycles. The van der Waals surface area contributed by atoms with Gasteiger partial charge in [-0.15, -0.1) is 0 Å². The molecule has 6 N–H and O–H groups in total. The van der Waals surface area contributed by atoms with Crippen molar-refractivity contribution in [1.29, 1.82) is 0 Å². The molecule has 84 valence electrons. The molecule has 0 saturated heterocycles. The topological polar surface area (TPSA) is 74.1 Å². The molecule has 0 heterocycles.